The highest BCUT2D eigenvalue weighted by molar-refractivity contribution is 8.93. The van der Waals surface area contributed by atoms with Crippen molar-refractivity contribution in [1.29, 1.82) is 0 Å². The van der Waals surface area contributed by atoms with Crippen molar-refractivity contribution >= 4 is 51.2 Å². The molecule has 0 saturated heterocycles. The van der Waals surface area contributed by atoms with Crippen molar-refractivity contribution in [2.45, 2.75) is 16.9 Å². The van der Waals surface area contributed by atoms with Gasteiger partial charge in [0.1, 0.15) is 5.50 Å². The van der Waals surface area contributed by atoms with Crippen LogP contribution >= 0.6 is 28.7 Å². The molecule has 4 N–H and O–H groups in total. The molecular formula is C16H14BrN5O4S. The number of aromatic nitrogens is 2. The van der Waals surface area contributed by atoms with Gasteiger partial charge in [-0.2, -0.15) is 0 Å². The number of halogens is 1. The molecule has 140 valence electrons. The van der Waals surface area contributed by atoms with Crippen LogP contribution in [-0.2, 0) is 6.54 Å². The molecule has 0 aliphatic carbocycles. The summed E-state index contributed by atoms with van der Waals surface area (Å²) in [6, 6.07) is 10.3. The molecule has 0 saturated carbocycles. The maximum atomic E-state index is 11.7. The number of hydrogen-bond donors (Lipinski definition) is 3. The number of para-hydroxylation sites is 1. The summed E-state index contributed by atoms with van der Waals surface area (Å²) in [5.74, 6) is 0. The molecule has 1 aliphatic heterocycles. The van der Waals surface area contributed by atoms with Crippen LogP contribution in [0.2, 0.25) is 0 Å². The highest BCUT2D eigenvalue weighted by atomic mass is 79.9. The van der Waals surface area contributed by atoms with Crippen LogP contribution in [0.3, 0.4) is 0 Å². The van der Waals surface area contributed by atoms with Gasteiger partial charge < -0.3 is 20.6 Å². The Kier molecular flexibility index (Phi) is 5.09. The second-order valence-corrected chi connectivity index (χ2v) is 6.96. The number of non-ortho nitro benzene ring substituents is 1. The minimum atomic E-state index is -0.859. The Bertz CT molecular complexity index is 1160. The zero-order chi connectivity index (χ0) is 18.4. The van der Waals surface area contributed by atoms with Crippen molar-refractivity contribution in [2.24, 2.45) is 5.73 Å². The van der Waals surface area contributed by atoms with Gasteiger partial charge in [-0.05, 0) is 12.1 Å². The molecule has 27 heavy (non-hydrogen) atoms. The highest BCUT2D eigenvalue weighted by Gasteiger charge is 2.28. The van der Waals surface area contributed by atoms with Crippen molar-refractivity contribution < 1.29 is 4.92 Å². The second kappa shape index (κ2) is 7.18. The molecule has 1 aromatic heterocycles. The minimum absolute atomic E-state index is 0. The Morgan fingerprint density at radius 3 is 2.63 bits per heavy atom. The van der Waals surface area contributed by atoms with Gasteiger partial charge in [-0.1, -0.05) is 23.9 Å². The van der Waals surface area contributed by atoms with E-state index in [0.717, 1.165) is 10.6 Å². The lowest BCUT2D eigenvalue weighted by Crippen LogP contribution is -2.36. The normalized spacial score (nSPS) is 15.4. The third kappa shape index (κ3) is 3.36. The van der Waals surface area contributed by atoms with Crippen molar-refractivity contribution in [3.8, 4) is 0 Å². The Morgan fingerprint density at radius 1 is 1.19 bits per heavy atom. The van der Waals surface area contributed by atoms with Crippen LogP contribution < -0.4 is 21.8 Å². The minimum Gasteiger partial charge on any atom is -0.342 e. The van der Waals surface area contributed by atoms with Crippen LogP contribution in [0.4, 0.5) is 11.4 Å². The van der Waals surface area contributed by atoms with Crippen LogP contribution in [0.25, 0.3) is 11.0 Å². The maximum absolute atomic E-state index is 11.7. The molecule has 3 aromatic rings. The average molecular weight is 452 g/mol. The van der Waals surface area contributed by atoms with Crippen molar-refractivity contribution in [1.82, 2.24) is 9.97 Å². The number of anilines is 1. The van der Waals surface area contributed by atoms with E-state index in [1.807, 2.05) is 29.2 Å². The van der Waals surface area contributed by atoms with Gasteiger partial charge in [0.05, 0.1) is 21.6 Å². The summed E-state index contributed by atoms with van der Waals surface area (Å²) in [5.41, 5.74) is 5.95. The maximum Gasteiger partial charge on any atom is 0.314 e. The SMILES string of the molecule is Br.NC1Sc2ccccc2N1Cc1cc([N+](=O)[O-])cc2[nH]c(=O)c(=O)[nH]c12. The van der Waals surface area contributed by atoms with Gasteiger partial charge in [0, 0.05) is 29.1 Å². The Hall–Kier alpha value is -2.63. The lowest BCUT2D eigenvalue weighted by atomic mass is 10.1. The van der Waals surface area contributed by atoms with Gasteiger partial charge in [0.15, 0.2) is 0 Å². The van der Waals surface area contributed by atoms with Gasteiger partial charge in [-0.15, -0.1) is 17.0 Å². The van der Waals surface area contributed by atoms with Gasteiger partial charge >= 0.3 is 11.1 Å². The number of fused-ring (bicyclic) bond motifs is 2. The molecule has 0 bridgehead atoms. The molecule has 4 rings (SSSR count). The lowest BCUT2D eigenvalue weighted by Gasteiger charge is -2.24. The molecule has 11 heteroatoms. The van der Waals surface area contributed by atoms with Crippen molar-refractivity contribution in [3.05, 3.63) is 72.8 Å². The molecule has 1 atom stereocenters. The van der Waals surface area contributed by atoms with E-state index < -0.39 is 16.0 Å². The van der Waals surface area contributed by atoms with Crippen molar-refractivity contribution in [2.75, 3.05) is 4.90 Å². The summed E-state index contributed by atoms with van der Waals surface area (Å²) in [6.45, 7) is 0.241. The van der Waals surface area contributed by atoms with Crippen LogP contribution in [0.15, 0.2) is 50.9 Å². The molecule has 1 unspecified atom stereocenters. The Labute approximate surface area is 166 Å². The molecular weight excluding hydrogens is 438 g/mol. The molecule has 0 fully saturated rings. The molecule has 0 amide bonds. The smallest absolute Gasteiger partial charge is 0.314 e. The molecule has 0 radical (unpaired) electrons. The summed E-state index contributed by atoms with van der Waals surface area (Å²) >= 11 is 1.48. The Balaban J connectivity index is 0.00000210. The van der Waals surface area contributed by atoms with E-state index in [1.54, 1.807) is 0 Å². The monoisotopic (exact) mass is 451 g/mol. The van der Waals surface area contributed by atoms with Crippen LogP contribution in [-0.4, -0.2) is 20.4 Å². The van der Waals surface area contributed by atoms with E-state index in [9.17, 15) is 19.7 Å². The lowest BCUT2D eigenvalue weighted by molar-refractivity contribution is -0.384. The number of nitrogens with zero attached hydrogens (tertiary/aromatic N) is 2. The molecule has 2 aromatic carbocycles. The van der Waals surface area contributed by atoms with Gasteiger partial charge in [0.2, 0.25) is 0 Å². The largest absolute Gasteiger partial charge is 0.342 e. The number of aromatic amines is 2. The van der Waals surface area contributed by atoms with Gasteiger partial charge in [0.25, 0.3) is 5.69 Å². The van der Waals surface area contributed by atoms with E-state index in [-0.39, 0.29) is 40.2 Å². The van der Waals surface area contributed by atoms with Crippen LogP contribution in [0.5, 0.6) is 0 Å². The molecule has 1 aliphatic rings. The van der Waals surface area contributed by atoms with Gasteiger partial charge in [-0.3, -0.25) is 19.7 Å². The average Bonchev–Trinajstić information content (AvgIpc) is 2.92. The van der Waals surface area contributed by atoms with Crippen LogP contribution in [0, 0.1) is 10.1 Å². The number of nitro benzene ring substituents is 1. The number of hydrogen-bond acceptors (Lipinski definition) is 7. The van der Waals surface area contributed by atoms with E-state index >= 15 is 0 Å². The zero-order valence-corrected chi connectivity index (χ0v) is 16.2. The first-order valence-electron chi connectivity index (χ1n) is 7.65. The zero-order valence-electron chi connectivity index (χ0n) is 13.7. The highest BCUT2D eigenvalue weighted by Crippen LogP contribution is 2.42. The fraction of sp³-hybridized carbons (Fsp3) is 0.125. The second-order valence-electron chi connectivity index (χ2n) is 5.80. The first-order chi connectivity index (χ1) is 12.4. The number of H-pyrrole nitrogens is 2. The number of benzene rings is 2. The number of nitro groups is 1. The quantitative estimate of drug-likeness (QED) is 0.314. The topological polar surface area (TPSA) is 138 Å². The van der Waals surface area contributed by atoms with E-state index in [4.69, 9.17) is 5.73 Å². The Morgan fingerprint density at radius 2 is 1.89 bits per heavy atom. The summed E-state index contributed by atoms with van der Waals surface area (Å²) < 4.78 is 0. The third-order valence-electron chi connectivity index (χ3n) is 4.18. The molecule has 2 heterocycles. The van der Waals surface area contributed by atoms with Crippen molar-refractivity contribution in [3.63, 3.8) is 0 Å². The molecule has 9 nitrogen and oxygen atoms in total. The molecule has 0 spiro atoms. The van der Waals surface area contributed by atoms with E-state index in [2.05, 4.69) is 9.97 Å². The predicted octanol–water partition coefficient (Wildman–Crippen LogP) is 2.06. The summed E-state index contributed by atoms with van der Waals surface area (Å²) in [6.07, 6.45) is 0. The summed E-state index contributed by atoms with van der Waals surface area (Å²) in [7, 11) is 0. The van der Waals surface area contributed by atoms with E-state index in [0.29, 0.717) is 11.1 Å². The van der Waals surface area contributed by atoms with E-state index in [1.165, 1.54) is 23.9 Å². The number of rotatable bonds is 3. The number of thioether (sulfide) groups is 1. The summed E-state index contributed by atoms with van der Waals surface area (Å²) in [4.78, 5) is 41.8. The first kappa shape index (κ1) is 19.1. The summed E-state index contributed by atoms with van der Waals surface area (Å²) in [5, 5.41) is 11.2. The third-order valence-corrected chi connectivity index (χ3v) is 5.27. The van der Waals surface area contributed by atoms with Gasteiger partial charge in [-0.25, -0.2) is 0 Å². The number of nitrogens with two attached hydrogens (primary N) is 1. The predicted molar refractivity (Wildman–Crippen MR) is 109 cm³/mol. The standard InChI is InChI=1S/C16H13N5O4S.BrH/c17-16-20(11-3-1-2-4-12(11)26-16)7-8-5-9(21(24)25)6-10-13(8)19-15(23)14(22)18-10;/h1-6,16H,7,17H2,(H,18,22)(H,19,23);1H. The fourth-order valence-corrected chi connectivity index (χ4v) is 4.03. The fourth-order valence-electron chi connectivity index (χ4n) is 2.99. The number of nitrogens with one attached hydrogen (secondary N) is 2. The first-order valence-corrected chi connectivity index (χ1v) is 8.53. The van der Waals surface area contributed by atoms with Crippen LogP contribution in [0.1, 0.15) is 5.56 Å².